The maximum absolute atomic E-state index is 14.3. The van der Waals surface area contributed by atoms with Crippen LogP contribution in [0.25, 0.3) is 0 Å². The number of rotatable bonds is 38. The number of carboxylic acid groups (broad SMARTS) is 1. The SMILES string of the molecule is CC[C@H](C)[C@H](NC(=O)[C@H](CCCN=C(N)N)NC(=O)[C@H](CC(C)C)NC(=O)[C@H](CCCN=C(N)N)NC(=O)[C@H](CS)NC(=O)[C@H](CC(C)C)NC(=O)[C@H](CS)NC(=O)[C@@H](N)CCCN=C(N)N)C(=O)N[C@@H](CS)C(=O)O. The molecule has 8 amide bonds. The number of amides is 8. The summed E-state index contributed by atoms with van der Waals surface area (Å²) in [5.74, 6) is -9.69. The summed E-state index contributed by atoms with van der Waals surface area (Å²) >= 11 is 12.5. The summed E-state index contributed by atoms with van der Waals surface area (Å²) in [5.41, 5.74) is 38.7. The molecule has 0 aliphatic carbocycles. The Morgan fingerprint density at radius 2 is 0.737 bits per heavy atom. The lowest BCUT2D eigenvalue weighted by Gasteiger charge is -2.29. The molecule has 0 aliphatic heterocycles. The molecule has 0 fully saturated rings. The summed E-state index contributed by atoms with van der Waals surface area (Å²) in [7, 11) is 0. The highest BCUT2D eigenvalue weighted by Gasteiger charge is 2.36. The second-order valence-electron chi connectivity index (χ2n) is 18.9. The van der Waals surface area contributed by atoms with Gasteiger partial charge in [0.25, 0.3) is 0 Å². The molecule has 434 valence electrons. The minimum atomic E-state index is -1.38. The highest BCUT2D eigenvalue weighted by molar-refractivity contribution is 7.80. The number of carbonyl (C=O) groups is 9. The number of thiol groups is 3. The van der Waals surface area contributed by atoms with E-state index in [1.165, 1.54) is 0 Å². The summed E-state index contributed by atoms with van der Waals surface area (Å²) in [5, 5.41) is 30.3. The van der Waals surface area contributed by atoms with Gasteiger partial charge in [0.1, 0.15) is 48.3 Å². The Bertz CT molecular complexity index is 1990. The van der Waals surface area contributed by atoms with Gasteiger partial charge in [-0.05, 0) is 69.1 Å². The molecule has 0 aliphatic rings. The highest BCUT2D eigenvalue weighted by Crippen LogP contribution is 2.13. The minimum Gasteiger partial charge on any atom is -0.480 e. The van der Waals surface area contributed by atoms with Gasteiger partial charge in [0.15, 0.2) is 17.9 Å². The molecule has 0 unspecified atom stereocenters. The highest BCUT2D eigenvalue weighted by atomic mass is 32.1. The van der Waals surface area contributed by atoms with Crippen LogP contribution in [0.15, 0.2) is 15.0 Å². The molecule has 0 bridgehead atoms. The van der Waals surface area contributed by atoms with Crippen molar-refractivity contribution in [3.8, 4) is 0 Å². The average molecular weight is 1140 g/mol. The first-order valence-electron chi connectivity index (χ1n) is 25.0. The zero-order chi connectivity index (χ0) is 58.2. The Labute approximate surface area is 461 Å². The molecule has 10 atom stereocenters. The van der Waals surface area contributed by atoms with E-state index < -0.39 is 114 Å². The molecule has 0 aromatic carbocycles. The van der Waals surface area contributed by atoms with E-state index in [0.717, 1.165) is 0 Å². The largest absolute Gasteiger partial charge is 0.480 e. The molecule has 31 heteroatoms. The first kappa shape index (κ1) is 70.1. The van der Waals surface area contributed by atoms with Gasteiger partial charge in [-0.15, -0.1) is 0 Å². The van der Waals surface area contributed by atoms with Gasteiger partial charge in [0.2, 0.25) is 47.3 Å². The topological polar surface area (TPSA) is 489 Å². The number of carboxylic acids is 1. The Hall–Kier alpha value is -5.95. The van der Waals surface area contributed by atoms with E-state index in [-0.39, 0.29) is 112 Å². The van der Waals surface area contributed by atoms with Crippen molar-refractivity contribution in [2.24, 2.45) is 72.9 Å². The summed E-state index contributed by atoms with van der Waals surface area (Å²) in [6, 6.07) is -11.4. The van der Waals surface area contributed by atoms with Gasteiger partial charge in [-0.1, -0.05) is 48.0 Å². The Kier molecular flexibility index (Phi) is 34.8. The number of nitrogens with one attached hydrogen (secondary N) is 8. The fraction of sp³-hybridized carbons (Fsp3) is 0.733. The number of hydrogen-bond donors (Lipinski definition) is 19. The van der Waals surface area contributed by atoms with Crippen LogP contribution in [0.1, 0.15) is 99.3 Å². The minimum absolute atomic E-state index is 0.0380. The maximum Gasteiger partial charge on any atom is 0.327 e. The van der Waals surface area contributed by atoms with Gasteiger partial charge >= 0.3 is 5.97 Å². The molecule has 0 aromatic heterocycles. The summed E-state index contributed by atoms with van der Waals surface area (Å²) in [4.78, 5) is 134. The van der Waals surface area contributed by atoms with Gasteiger partial charge in [-0.25, -0.2) is 4.79 Å². The molecule has 0 saturated heterocycles. The van der Waals surface area contributed by atoms with Crippen LogP contribution in [-0.4, -0.2) is 167 Å². The number of hydrogen-bond acceptors (Lipinski definition) is 16. The summed E-state index contributed by atoms with van der Waals surface area (Å²) < 4.78 is 0. The Morgan fingerprint density at radius 1 is 0.434 bits per heavy atom. The molecular weight excluding hydrogens is 1050 g/mol. The monoisotopic (exact) mass is 1130 g/mol. The zero-order valence-corrected chi connectivity index (χ0v) is 47.1. The number of aliphatic imine (C=N–C) groups is 3. The van der Waals surface area contributed by atoms with Crippen molar-refractivity contribution in [2.75, 3.05) is 36.9 Å². The first-order valence-corrected chi connectivity index (χ1v) is 26.9. The van der Waals surface area contributed by atoms with Gasteiger partial charge in [-0.3, -0.25) is 53.3 Å². The third-order valence-corrected chi connectivity index (χ3v) is 12.5. The van der Waals surface area contributed by atoms with Crippen LogP contribution in [0.2, 0.25) is 0 Å². The van der Waals surface area contributed by atoms with Gasteiger partial charge in [0.05, 0.1) is 6.04 Å². The third-order valence-electron chi connectivity index (χ3n) is 11.4. The second kappa shape index (κ2) is 37.7. The molecule has 76 heavy (non-hydrogen) atoms. The van der Waals surface area contributed by atoms with Crippen LogP contribution in [0.5, 0.6) is 0 Å². The predicted octanol–water partition coefficient (Wildman–Crippen LogP) is -4.63. The van der Waals surface area contributed by atoms with E-state index in [4.69, 9.17) is 40.1 Å². The molecule has 0 rings (SSSR count). The molecular formula is C45H86N18O10S3. The maximum atomic E-state index is 14.3. The summed E-state index contributed by atoms with van der Waals surface area (Å²) in [6.07, 6.45) is 1.30. The van der Waals surface area contributed by atoms with E-state index >= 15 is 0 Å². The number of carbonyl (C=O) groups excluding carboxylic acids is 8. The smallest absolute Gasteiger partial charge is 0.327 e. The lowest BCUT2D eigenvalue weighted by Crippen LogP contribution is -2.61. The lowest BCUT2D eigenvalue weighted by molar-refractivity contribution is -0.142. The van der Waals surface area contributed by atoms with Crippen LogP contribution in [0.3, 0.4) is 0 Å². The van der Waals surface area contributed by atoms with Crippen LogP contribution in [0.4, 0.5) is 0 Å². The van der Waals surface area contributed by atoms with E-state index in [2.05, 4.69) is 95.4 Å². The summed E-state index contributed by atoms with van der Waals surface area (Å²) in [6.45, 7) is 10.9. The first-order chi connectivity index (χ1) is 35.6. The number of aliphatic carboxylic acids is 1. The standard InChI is InChI=1S/C45H86N18O10S3/c1-7-24(6)33(41(71)62-32(21-76)42(72)73)63-36(66)27(13-10-16-55-45(51)52)56-37(67)28(17-22(2)3)58-35(65)26(12-9-15-54-44(49)50)57-39(69)31(20-75)61-38(68)29(18-23(4)5)59-40(70)30(19-74)60-34(64)25(46)11-8-14-53-43(47)48/h22-33,74-76H,7-21,46H2,1-6H3,(H,56,67)(H,57,69)(H,58,65)(H,59,70)(H,60,64)(H,61,68)(H,62,71)(H,63,66)(H,72,73)(H4,47,48,53)(H4,49,50,54)(H4,51,52,55)/t24-,25-,26-,27-,28-,29-,30-,31-,32-,33-/m0/s1. The van der Waals surface area contributed by atoms with Gasteiger partial charge in [0, 0.05) is 36.9 Å². The quantitative estimate of drug-likeness (QED) is 0.0120. The van der Waals surface area contributed by atoms with Crippen molar-refractivity contribution in [3.05, 3.63) is 0 Å². The van der Waals surface area contributed by atoms with E-state index in [1.54, 1.807) is 41.5 Å². The van der Waals surface area contributed by atoms with E-state index in [1.807, 2.05) is 0 Å². The van der Waals surface area contributed by atoms with Crippen molar-refractivity contribution >= 4 is 109 Å². The van der Waals surface area contributed by atoms with Crippen LogP contribution >= 0.6 is 37.9 Å². The van der Waals surface area contributed by atoms with Gasteiger partial charge in [-0.2, -0.15) is 37.9 Å². The fourth-order valence-electron chi connectivity index (χ4n) is 7.03. The Morgan fingerprint density at radius 3 is 1.08 bits per heavy atom. The number of guanidine groups is 3. The van der Waals surface area contributed by atoms with Crippen molar-refractivity contribution in [3.63, 3.8) is 0 Å². The predicted molar refractivity (Wildman–Crippen MR) is 301 cm³/mol. The fourth-order valence-corrected chi connectivity index (χ4v) is 7.79. The third kappa shape index (κ3) is 28.8. The van der Waals surface area contributed by atoms with E-state index in [0.29, 0.717) is 12.8 Å². The van der Waals surface area contributed by atoms with Crippen molar-refractivity contribution < 1.29 is 48.3 Å². The molecule has 0 radical (unpaired) electrons. The molecule has 0 heterocycles. The molecule has 0 aromatic rings. The van der Waals surface area contributed by atoms with Crippen LogP contribution < -0.4 is 82.7 Å². The lowest BCUT2D eigenvalue weighted by atomic mass is 9.97. The Balaban J connectivity index is 6.69. The van der Waals surface area contributed by atoms with Crippen molar-refractivity contribution in [1.29, 1.82) is 0 Å². The molecule has 23 N–H and O–H groups in total. The molecule has 28 nitrogen and oxygen atoms in total. The zero-order valence-electron chi connectivity index (χ0n) is 44.4. The normalized spacial score (nSPS) is 15.0. The van der Waals surface area contributed by atoms with Crippen LogP contribution in [-0.2, 0) is 43.2 Å². The van der Waals surface area contributed by atoms with Crippen molar-refractivity contribution in [1.82, 2.24) is 42.5 Å². The van der Waals surface area contributed by atoms with Gasteiger partial charge < -0.3 is 87.8 Å². The molecule has 0 spiro atoms. The van der Waals surface area contributed by atoms with Crippen LogP contribution in [0, 0.1) is 17.8 Å². The molecule has 0 saturated carbocycles. The number of nitrogens with two attached hydrogens (primary N) is 7. The van der Waals surface area contributed by atoms with E-state index in [9.17, 15) is 48.3 Å². The van der Waals surface area contributed by atoms with Crippen molar-refractivity contribution in [2.45, 2.75) is 154 Å². The number of nitrogens with zero attached hydrogens (tertiary/aromatic N) is 3. The average Bonchev–Trinajstić information content (AvgIpc) is 3.34. The second-order valence-corrected chi connectivity index (χ2v) is 20.0.